The molecule has 0 saturated carbocycles. The number of benzene rings is 1. The van der Waals surface area contributed by atoms with Crippen molar-refractivity contribution < 1.29 is 29.5 Å². The number of nitro groups is 1. The molecule has 0 spiro atoms. The van der Waals surface area contributed by atoms with Gasteiger partial charge in [0.25, 0.3) is 5.69 Å². The number of carboxylic acid groups (broad SMARTS) is 1. The van der Waals surface area contributed by atoms with E-state index in [0.29, 0.717) is 0 Å². The molecule has 9 nitrogen and oxygen atoms in total. The van der Waals surface area contributed by atoms with E-state index in [0.717, 1.165) is 20.1 Å². The van der Waals surface area contributed by atoms with Gasteiger partial charge >= 0.3 is 11.9 Å². The fraction of sp³-hybridized carbons (Fsp3) is 0.385. The van der Waals surface area contributed by atoms with Crippen LogP contribution in [-0.2, 0) is 9.53 Å². The number of hydrogen-bond donors (Lipinski definition) is 3. The minimum atomic E-state index is -2.07. The maximum atomic E-state index is 11.7. The van der Waals surface area contributed by atoms with Gasteiger partial charge in [0.05, 0.1) is 24.1 Å². The van der Waals surface area contributed by atoms with Gasteiger partial charge in [-0.05, 0) is 19.9 Å². The number of nitrogens with one attached hydrogen (secondary N) is 1. The van der Waals surface area contributed by atoms with Crippen LogP contribution in [0, 0.1) is 17.0 Å². The molecule has 0 fully saturated rings. The topological polar surface area (TPSA) is 139 Å². The molecule has 1 unspecified atom stereocenters. The lowest BCUT2D eigenvalue weighted by Gasteiger charge is -2.20. The van der Waals surface area contributed by atoms with Crippen LogP contribution in [0.25, 0.3) is 0 Å². The monoisotopic (exact) mass is 312 g/mol. The summed E-state index contributed by atoms with van der Waals surface area (Å²) in [5, 5.41) is 32.0. The van der Waals surface area contributed by atoms with E-state index in [2.05, 4.69) is 10.1 Å². The van der Waals surface area contributed by atoms with E-state index in [9.17, 15) is 24.8 Å². The average molecular weight is 312 g/mol. The van der Waals surface area contributed by atoms with E-state index in [1.54, 1.807) is 0 Å². The van der Waals surface area contributed by atoms with Crippen LogP contribution in [-0.4, -0.2) is 46.3 Å². The third-order valence-corrected chi connectivity index (χ3v) is 3.02. The number of esters is 1. The van der Waals surface area contributed by atoms with Crippen LogP contribution in [0.4, 0.5) is 11.4 Å². The summed E-state index contributed by atoms with van der Waals surface area (Å²) in [7, 11) is 1.12. The number of carbonyl (C=O) groups is 2. The van der Waals surface area contributed by atoms with Crippen molar-refractivity contribution in [2.45, 2.75) is 19.4 Å². The molecule has 0 aliphatic rings. The minimum Gasteiger partial charge on any atom is -0.479 e. The highest BCUT2D eigenvalue weighted by Crippen LogP contribution is 2.27. The van der Waals surface area contributed by atoms with Crippen molar-refractivity contribution in [3.05, 3.63) is 33.4 Å². The lowest BCUT2D eigenvalue weighted by molar-refractivity contribution is -0.385. The molecule has 1 atom stereocenters. The highest BCUT2D eigenvalue weighted by Gasteiger charge is 2.30. The number of hydrogen-bond acceptors (Lipinski definition) is 7. The van der Waals surface area contributed by atoms with Crippen molar-refractivity contribution in [1.82, 2.24) is 0 Å². The standard InChI is InChI=1S/C13H16N2O7/c1-7-4-9(14-6-13(2,19)12(17)18)8(11(16)22-3)5-10(7)15(20)21/h4-5,14,19H,6H2,1-3H3,(H,17,18). The van der Waals surface area contributed by atoms with E-state index < -0.39 is 29.0 Å². The van der Waals surface area contributed by atoms with Gasteiger partial charge in [0.1, 0.15) is 0 Å². The van der Waals surface area contributed by atoms with E-state index in [1.165, 1.54) is 13.0 Å². The Morgan fingerprint density at radius 3 is 2.50 bits per heavy atom. The molecular weight excluding hydrogens is 296 g/mol. The van der Waals surface area contributed by atoms with Gasteiger partial charge in [-0.15, -0.1) is 0 Å². The van der Waals surface area contributed by atoms with E-state index in [4.69, 9.17) is 5.11 Å². The molecule has 0 aliphatic heterocycles. The SMILES string of the molecule is COC(=O)c1cc([N+](=O)[O-])c(C)cc1NCC(C)(O)C(=O)O. The Balaban J connectivity index is 3.23. The number of carbonyl (C=O) groups excluding carboxylic acids is 1. The third kappa shape index (κ3) is 3.70. The number of aliphatic carboxylic acids is 1. The van der Waals surface area contributed by atoms with Crippen LogP contribution in [0.2, 0.25) is 0 Å². The third-order valence-electron chi connectivity index (χ3n) is 3.02. The minimum absolute atomic E-state index is 0.124. The summed E-state index contributed by atoms with van der Waals surface area (Å²) < 4.78 is 4.55. The van der Waals surface area contributed by atoms with Gasteiger partial charge in [0.2, 0.25) is 0 Å². The number of aliphatic hydroxyl groups is 1. The normalized spacial score (nSPS) is 13.1. The number of methoxy groups -OCH3 is 1. The van der Waals surface area contributed by atoms with Crippen molar-refractivity contribution in [3.8, 4) is 0 Å². The van der Waals surface area contributed by atoms with Gasteiger partial charge in [-0.1, -0.05) is 0 Å². The number of nitrogens with zero attached hydrogens (tertiary/aromatic N) is 1. The zero-order valence-corrected chi connectivity index (χ0v) is 12.2. The second kappa shape index (κ2) is 6.39. The molecule has 1 aromatic carbocycles. The van der Waals surface area contributed by atoms with Crippen LogP contribution in [0.5, 0.6) is 0 Å². The summed E-state index contributed by atoms with van der Waals surface area (Å²) in [6, 6.07) is 2.36. The highest BCUT2D eigenvalue weighted by atomic mass is 16.6. The molecule has 3 N–H and O–H groups in total. The van der Waals surface area contributed by atoms with Crippen LogP contribution in [0.1, 0.15) is 22.8 Å². The fourth-order valence-corrected chi connectivity index (χ4v) is 1.66. The Morgan fingerprint density at radius 2 is 2.05 bits per heavy atom. The Labute approximate surface area is 125 Å². The summed E-state index contributed by atoms with van der Waals surface area (Å²) in [4.78, 5) is 32.8. The predicted octanol–water partition coefficient (Wildman–Crippen LogP) is 0.937. The smallest absolute Gasteiger partial charge is 0.340 e. The average Bonchev–Trinajstić information content (AvgIpc) is 2.43. The van der Waals surface area contributed by atoms with Crippen LogP contribution in [0.15, 0.2) is 12.1 Å². The summed E-state index contributed by atoms with van der Waals surface area (Å²) >= 11 is 0. The van der Waals surface area contributed by atoms with E-state index >= 15 is 0 Å². The number of carboxylic acids is 1. The molecule has 0 aliphatic carbocycles. The lowest BCUT2D eigenvalue weighted by atomic mass is 10.0. The van der Waals surface area contributed by atoms with Crippen molar-refractivity contribution in [3.63, 3.8) is 0 Å². The molecule has 0 aromatic heterocycles. The Hall–Kier alpha value is -2.68. The zero-order chi connectivity index (χ0) is 17.1. The molecule has 0 heterocycles. The van der Waals surface area contributed by atoms with Crippen LogP contribution >= 0.6 is 0 Å². The molecule has 1 rings (SSSR count). The molecule has 1 aromatic rings. The van der Waals surface area contributed by atoms with Crippen molar-refractivity contribution in [2.24, 2.45) is 0 Å². The van der Waals surface area contributed by atoms with Gasteiger partial charge in [-0.3, -0.25) is 10.1 Å². The first-order valence-electron chi connectivity index (χ1n) is 6.17. The van der Waals surface area contributed by atoms with Gasteiger partial charge in [0.15, 0.2) is 5.60 Å². The summed E-state index contributed by atoms with van der Waals surface area (Å²) in [5.41, 5.74) is -2.05. The Morgan fingerprint density at radius 1 is 1.45 bits per heavy atom. The van der Waals surface area contributed by atoms with Crippen molar-refractivity contribution in [1.29, 1.82) is 0 Å². The highest BCUT2D eigenvalue weighted by molar-refractivity contribution is 5.97. The molecule has 0 saturated heterocycles. The fourth-order valence-electron chi connectivity index (χ4n) is 1.66. The molecule has 9 heteroatoms. The maximum absolute atomic E-state index is 11.7. The summed E-state index contributed by atoms with van der Waals surface area (Å²) in [5.74, 6) is -2.26. The lowest BCUT2D eigenvalue weighted by Crippen LogP contribution is -2.42. The van der Waals surface area contributed by atoms with E-state index in [1.807, 2.05) is 0 Å². The first-order chi connectivity index (χ1) is 10.1. The van der Waals surface area contributed by atoms with Crippen molar-refractivity contribution in [2.75, 3.05) is 19.0 Å². The van der Waals surface area contributed by atoms with Gasteiger partial charge in [-0.2, -0.15) is 0 Å². The second-order valence-corrected chi connectivity index (χ2v) is 4.87. The van der Waals surface area contributed by atoms with Crippen molar-refractivity contribution >= 4 is 23.3 Å². The van der Waals surface area contributed by atoms with E-state index in [-0.39, 0.29) is 22.5 Å². The van der Waals surface area contributed by atoms with Gasteiger partial charge < -0.3 is 20.3 Å². The number of anilines is 1. The molecule has 0 bridgehead atoms. The Kier molecular flexibility index (Phi) is 5.05. The molecule has 0 radical (unpaired) electrons. The van der Waals surface area contributed by atoms with Crippen LogP contribution in [0.3, 0.4) is 0 Å². The number of rotatable bonds is 6. The van der Waals surface area contributed by atoms with Gasteiger partial charge in [0, 0.05) is 17.3 Å². The summed E-state index contributed by atoms with van der Waals surface area (Å²) in [6.07, 6.45) is 0. The Bertz CT molecular complexity index is 625. The number of aryl methyl sites for hydroxylation is 1. The molecule has 0 amide bonds. The molecular formula is C13H16N2O7. The first-order valence-corrected chi connectivity index (χ1v) is 6.17. The number of nitro benzene ring substituents is 1. The maximum Gasteiger partial charge on any atom is 0.340 e. The molecule has 22 heavy (non-hydrogen) atoms. The number of ether oxygens (including phenoxy) is 1. The largest absolute Gasteiger partial charge is 0.479 e. The first kappa shape index (κ1) is 17.4. The van der Waals surface area contributed by atoms with Gasteiger partial charge in [-0.25, -0.2) is 9.59 Å². The zero-order valence-electron chi connectivity index (χ0n) is 12.2. The van der Waals surface area contributed by atoms with Crippen LogP contribution < -0.4 is 5.32 Å². The molecule has 120 valence electrons. The summed E-state index contributed by atoms with van der Waals surface area (Å²) in [6.45, 7) is 2.15. The second-order valence-electron chi connectivity index (χ2n) is 4.87. The predicted molar refractivity (Wildman–Crippen MR) is 75.9 cm³/mol. The quantitative estimate of drug-likeness (QED) is 0.400.